The average Bonchev–Trinajstić information content (AvgIpc) is 2.28. The predicted octanol–water partition coefficient (Wildman–Crippen LogP) is 2.61. The second-order valence-corrected chi connectivity index (χ2v) is 4.04. The molecule has 1 atom stereocenters. The molecule has 1 aromatic carbocycles. The Kier molecular flexibility index (Phi) is 5.19. The highest BCUT2D eigenvalue weighted by atomic mass is 16.5. The Morgan fingerprint density at radius 3 is 2.47 bits per heavy atom. The molecule has 0 spiro atoms. The van der Waals surface area contributed by atoms with E-state index in [4.69, 9.17) is 10.5 Å². The Balaban J connectivity index is 2.48. The van der Waals surface area contributed by atoms with E-state index in [1.165, 1.54) is 5.56 Å². The van der Waals surface area contributed by atoms with Crippen molar-refractivity contribution in [3.8, 4) is 5.75 Å². The van der Waals surface area contributed by atoms with Crippen LogP contribution in [0.15, 0.2) is 24.3 Å². The van der Waals surface area contributed by atoms with E-state index in [0.29, 0.717) is 5.92 Å². The maximum absolute atomic E-state index is 5.59. The van der Waals surface area contributed by atoms with Crippen molar-refractivity contribution in [1.82, 2.24) is 0 Å². The first-order valence-corrected chi connectivity index (χ1v) is 5.68. The second-order valence-electron chi connectivity index (χ2n) is 4.04. The van der Waals surface area contributed by atoms with E-state index >= 15 is 0 Å². The first kappa shape index (κ1) is 12.1. The molecule has 1 rings (SSSR count). The zero-order chi connectivity index (χ0) is 11.1. The van der Waals surface area contributed by atoms with Gasteiger partial charge in [0, 0.05) is 0 Å². The monoisotopic (exact) mass is 207 g/mol. The molecule has 0 fully saturated rings. The topological polar surface area (TPSA) is 35.2 Å². The summed E-state index contributed by atoms with van der Waals surface area (Å²) in [4.78, 5) is 0. The minimum Gasteiger partial charge on any atom is -0.494 e. The summed E-state index contributed by atoms with van der Waals surface area (Å²) >= 11 is 0. The lowest BCUT2D eigenvalue weighted by Crippen LogP contribution is -2.12. The van der Waals surface area contributed by atoms with E-state index in [9.17, 15) is 0 Å². The standard InChI is InChI=1S/C13H21NO/c1-3-8-15-13-6-4-12(5-7-13)9-11(2)10-14/h4-7,11H,3,8-10,14H2,1-2H3. The van der Waals surface area contributed by atoms with Gasteiger partial charge in [0.25, 0.3) is 0 Å². The van der Waals surface area contributed by atoms with Crippen LogP contribution >= 0.6 is 0 Å². The molecule has 1 aromatic rings. The van der Waals surface area contributed by atoms with Gasteiger partial charge in [-0.25, -0.2) is 0 Å². The lowest BCUT2D eigenvalue weighted by molar-refractivity contribution is 0.317. The summed E-state index contributed by atoms with van der Waals surface area (Å²) in [5.74, 6) is 1.51. The maximum atomic E-state index is 5.59. The molecular weight excluding hydrogens is 186 g/mol. The zero-order valence-corrected chi connectivity index (χ0v) is 9.70. The van der Waals surface area contributed by atoms with Gasteiger partial charge in [0.1, 0.15) is 5.75 Å². The smallest absolute Gasteiger partial charge is 0.119 e. The minimum absolute atomic E-state index is 0.549. The van der Waals surface area contributed by atoms with Gasteiger partial charge >= 0.3 is 0 Å². The molecule has 0 aliphatic heterocycles. The van der Waals surface area contributed by atoms with E-state index in [2.05, 4.69) is 26.0 Å². The molecule has 84 valence electrons. The summed E-state index contributed by atoms with van der Waals surface area (Å²) in [6.45, 7) is 5.81. The number of hydrogen-bond acceptors (Lipinski definition) is 2. The van der Waals surface area contributed by atoms with E-state index in [0.717, 1.165) is 31.7 Å². The maximum Gasteiger partial charge on any atom is 0.119 e. The highest BCUT2D eigenvalue weighted by Gasteiger charge is 2.01. The van der Waals surface area contributed by atoms with Crippen molar-refractivity contribution in [3.05, 3.63) is 29.8 Å². The lowest BCUT2D eigenvalue weighted by atomic mass is 10.0. The molecule has 1 unspecified atom stereocenters. The minimum atomic E-state index is 0.549. The zero-order valence-electron chi connectivity index (χ0n) is 9.70. The van der Waals surface area contributed by atoms with Gasteiger partial charge in [-0.15, -0.1) is 0 Å². The third-order valence-electron chi connectivity index (χ3n) is 2.38. The Bertz CT molecular complexity index is 268. The van der Waals surface area contributed by atoms with Crippen LogP contribution in [0, 0.1) is 5.92 Å². The Morgan fingerprint density at radius 2 is 1.93 bits per heavy atom. The largest absolute Gasteiger partial charge is 0.494 e. The van der Waals surface area contributed by atoms with Gasteiger partial charge in [0.15, 0.2) is 0 Å². The Hall–Kier alpha value is -1.02. The van der Waals surface area contributed by atoms with Crippen LogP contribution in [0.5, 0.6) is 5.75 Å². The average molecular weight is 207 g/mol. The molecule has 0 heterocycles. The molecule has 2 N–H and O–H groups in total. The van der Waals surface area contributed by atoms with E-state index in [1.807, 2.05) is 12.1 Å². The van der Waals surface area contributed by atoms with Gasteiger partial charge in [0.05, 0.1) is 6.61 Å². The fraction of sp³-hybridized carbons (Fsp3) is 0.538. The summed E-state index contributed by atoms with van der Waals surface area (Å²) in [6.07, 6.45) is 2.09. The lowest BCUT2D eigenvalue weighted by Gasteiger charge is -2.09. The summed E-state index contributed by atoms with van der Waals surface area (Å²) in [5.41, 5.74) is 6.92. The highest BCUT2D eigenvalue weighted by Crippen LogP contribution is 2.14. The molecule has 0 aromatic heterocycles. The van der Waals surface area contributed by atoms with Gasteiger partial charge in [0.2, 0.25) is 0 Å². The molecule has 2 nitrogen and oxygen atoms in total. The van der Waals surface area contributed by atoms with Crippen LogP contribution in [0.3, 0.4) is 0 Å². The number of hydrogen-bond donors (Lipinski definition) is 1. The van der Waals surface area contributed by atoms with Crippen LogP contribution in [0.2, 0.25) is 0 Å². The van der Waals surface area contributed by atoms with Crippen molar-refractivity contribution < 1.29 is 4.74 Å². The van der Waals surface area contributed by atoms with Crippen molar-refractivity contribution >= 4 is 0 Å². The number of benzene rings is 1. The van der Waals surface area contributed by atoms with Gasteiger partial charge in [-0.05, 0) is 43.0 Å². The molecule has 0 aliphatic carbocycles. The van der Waals surface area contributed by atoms with Crippen molar-refractivity contribution in [3.63, 3.8) is 0 Å². The summed E-state index contributed by atoms with van der Waals surface area (Å²) in [7, 11) is 0. The molecule has 0 amide bonds. The Morgan fingerprint density at radius 1 is 1.27 bits per heavy atom. The molecule has 15 heavy (non-hydrogen) atoms. The SMILES string of the molecule is CCCOc1ccc(CC(C)CN)cc1. The molecule has 2 heteroatoms. The molecular formula is C13H21NO. The first-order chi connectivity index (χ1) is 7.26. The van der Waals surface area contributed by atoms with Gasteiger partial charge in [-0.2, -0.15) is 0 Å². The van der Waals surface area contributed by atoms with Crippen LogP contribution < -0.4 is 10.5 Å². The van der Waals surface area contributed by atoms with Crippen LogP contribution in [0.25, 0.3) is 0 Å². The highest BCUT2D eigenvalue weighted by molar-refractivity contribution is 5.27. The van der Waals surface area contributed by atoms with Gasteiger partial charge in [-0.3, -0.25) is 0 Å². The fourth-order valence-corrected chi connectivity index (χ4v) is 1.43. The molecule has 0 bridgehead atoms. The fourth-order valence-electron chi connectivity index (χ4n) is 1.43. The van der Waals surface area contributed by atoms with E-state index < -0.39 is 0 Å². The number of nitrogens with two attached hydrogens (primary N) is 1. The molecule has 0 saturated heterocycles. The quantitative estimate of drug-likeness (QED) is 0.778. The van der Waals surface area contributed by atoms with Gasteiger partial charge < -0.3 is 10.5 Å². The van der Waals surface area contributed by atoms with Crippen molar-refractivity contribution in [2.45, 2.75) is 26.7 Å². The molecule has 0 radical (unpaired) electrons. The van der Waals surface area contributed by atoms with Crippen LogP contribution in [-0.4, -0.2) is 13.2 Å². The second kappa shape index (κ2) is 6.46. The molecule has 0 saturated carbocycles. The number of rotatable bonds is 6. The third-order valence-corrected chi connectivity index (χ3v) is 2.38. The summed E-state index contributed by atoms with van der Waals surface area (Å²) < 4.78 is 5.52. The van der Waals surface area contributed by atoms with Crippen LogP contribution in [0.4, 0.5) is 0 Å². The van der Waals surface area contributed by atoms with Crippen molar-refractivity contribution in [2.75, 3.05) is 13.2 Å². The summed E-state index contributed by atoms with van der Waals surface area (Å²) in [6, 6.07) is 8.32. The molecule has 0 aliphatic rings. The van der Waals surface area contributed by atoms with Crippen molar-refractivity contribution in [1.29, 1.82) is 0 Å². The predicted molar refractivity (Wildman–Crippen MR) is 64.2 cm³/mol. The summed E-state index contributed by atoms with van der Waals surface area (Å²) in [5, 5.41) is 0. The van der Waals surface area contributed by atoms with Gasteiger partial charge in [-0.1, -0.05) is 26.0 Å². The van der Waals surface area contributed by atoms with Crippen LogP contribution in [-0.2, 0) is 6.42 Å². The Labute approximate surface area is 92.4 Å². The normalized spacial score (nSPS) is 12.5. The van der Waals surface area contributed by atoms with Crippen molar-refractivity contribution in [2.24, 2.45) is 11.7 Å². The first-order valence-electron chi connectivity index (χ1n) is 5.68. The number of ether oxygens (including phenoxy) is 1. The third kappa shape index (κ3) is 4.34. The van der Waals surface area contributed by atoms with E-state index in [-0.39, 0.29) is 0 Å². The van der Waals surface area contributed by atoms with Crippen LogP contribution in [0.1, 0.15) is 25.8 Å². The van der Waals surface area contributed by atoms with E-state index in [1.54, 1.807) is 0 Å².